The molecule has 0 aliphatic heterocycles. The van der Waals surface area contributed by atoms with E-state index in [4.69, 9.17) is 14.7 Å². The number of esters is 2. The zero-order valence-electron chi connectivity index (χ0n) is 14.0. The van der Waals surface area contributed by atoms with E-state index in [1.165, 1.54) is 6.08 Å². The first kappa shape index (κ1) is 18.0. The number of carbonyl (C=O) groups is 2. The van der Waals surface area contributed by atoms with Crippen LogP contribution in [0.4, 0.5) is 0 Å². The van der Waals surface area contributed by atoms with Crippen molar-refractivity contribution in [2.75, 3.05) is 6.61 Å². The maximum absolute atomic E-state index is 12.1. The van der Waals surface area contributed by atoms with Crippen LogP contribution < -0.4 is 4.74 Å². The van der Waals surface area contributed by atoms with E-state index < -0.39 is 11.9 Å². The molecule has 0 aliphatic carbocycles. The standard InChI is InChI=1S/C20H17NO4/c1-3-24-19(22)17(13-21)12-15-6-10-18(11-7-15)25-20(23)16-8-4-14(2)5-9-16/h4-12H,3H2,1-2H3. The van der Waals surface area contributed by atoms with E-state index in [0.717, 1.165) is 5.56 Å². The maximum atomic E-state index is 12.1. The summed E-state index contributed by atoms with van der Waals surface area (Å²) < 4.78 is 10.1. The van der Waals surface area contributed by atoms with E-state index >= 15 is 0 Å². The molecular weight excluding hydrogens is 318 g/mol. The molecule has 0 aromatic heterocycles. The molecule has 126 valence electrons. The maximum Gasteiger partial charge on any atom is 0.348 e. The number of rotatable bonds is 5. The average molecular weight is 335 g/mol. The summed E-state index contributed by atoms with van der Waals surface area (Å²) in [6.45, 7) is 3.81. The second-order valence-electron chi connectivity index (χ2n) is 5.21. The lowest BCUT2D eigenvalue weighted by Gasteiger charge is -2.05. The van der Waals surface area contributed by atoms with Crippen molar-refractivity contribution in [2.45, 2.75) is 13.8 Å². The van der Waals surface area contributed by atoms with Crippen molar-refractivity contribution in [2.24, 2.45) is 0 Å². The molecule has 0 N–H and O–H groups in total. The molecule has 0 radical (unpaired) electrons. The second kappa shape index (κ2) is 8.46. The largest absolute Gasteiger partial charge is 0.462 e. The highest BCUT2D eigenvalue weighted by molar-refractivity contribution is 5.97. The quantitative estimate of drug-likeness (QED) is 0.360. The Balaban J connectivity index is 2.09. The smallest absolute Gasteiger partial charge is 0.348 e. The van der Waals surface area contributed by atoms with Gasteiger partial charge < -0.3 is 9.47 Å². The van der Waals surface area contributed by atoms with Gasteiger partial charge in [-0.15, -0.1) is 0 Å². The third kappa shape index (κ3) is 5.05. The highest BCUT2D eigenvalue weighted by Gasteiger charge is 2.10. The Kier molecular flexibility index (Phi) is 6.08. The summed E-state index contributed by atoms with van der Waals surface area (Å²) in [6.07, 6.45) is 1.42. The van der Waals surface area contributed by atoms with Crippen LogP contribution in [0, 0.1) is 18.3 Å². The molecule has 0 heterocycles. The number of benzene rings is 2. The van der Waals surface area contributed by atoms with Gasteiger partial charge >= 0.3 is 11.9 Å². The van der Waals surface area contributed by atoms with Gasteiger partial charge in [0, 0.05) is 0 Å². The van der Waals surface area contributed by atoms with Gasteiger partial charge in [0.25, 0.3) is 0 Å². The summed E-state index contributed by atoms with van der Waals surface area (Å²) in [5.74, 6) is -0.746. The SMILES string of the molecule is CCOC(=O)C(C#N)=Cc1ccc(OC(=O)c2ccc(C)cc2)cc1. The van der Waals surface area contributed by atoms with Crippen LogP contribution in [-0.4, -0.2) is 18.5 Å². The molecule has 0 saturated heterocycles. The fraction of sp³-hybridized carbons (Fsp3) is 0.150. The number of aryl methyl sites for hydroxylation is 1. The summed E-state index contributed by atoms with van der Waals surface area (Å²) >= 11 is 0. The van der Waals surface area contributed by atoms with Gasteiger partial charge in [-0.3, -0.25) is 0 Å². The molecule has 5 heteroatoms. The van der Waals surface area contributed by atoms with Gasteiger partial charge in [-0.2, -0.15) is 5.26 Å². The first-order valence-corrected chi connectivity index (χ1v) is 7.71. The topological polar surface area (TPSA) is 76.4 Å². The molecule has 0 amide bonds. The predicted octanol–water partition coefficient (Wildman–Crippen LogP) is 3.68. The number of hydrogen-bond acceptors (Lipinski definition) is 5. The lowest BCUT2D eigenvalue weighted by molar-refractivity contribution is -0.137. The fourth-order valence-corrected chi connectivity index (χ4v) is 2.00. The number of nitrogens with zero attached hydrogens (tertiary/aromatic N) is 1. The molecule has 0 unspecified atom stereocenters. The molecule has 2 rings (SSSR count). The van der Waals surface area contributed by atoms with E-state index in [2.05, 4.69) is 0 Å². The lowest BCUT2D eigenvalue weighted by atomic mass is 10.1. The highest BCUT2D eigenvalue weighted by Crippen LogP contribution is 2.17. The van der Waals surface area contributed by atoms with Crippen LogP contribution in [0.2, 0.25) is 0 Å². The molecule has 2 aromatic rings. The first-order chi connectivity index (χ1) is 12.0. The molecule has 5 nitrogen and oxygen atoms in total. The molecule has 0 spiro atoms. The van der Waals surface area contributed by atoms with Crippen molar-refractivity contribution in [3.8, 4) is 11.8 Å². The molecule has 0 bridgehead atoms. The zero-order valence-corrected chi connectivity index (χ0v) is 14.0. The number of hydrogen-bond donors (Lipinski definition) is 0. The van der Waals surface area contributed by atoms with Crippen LogP contribution in [0.15, 0.2) is 54.1 Å². The van der Waals surface area contributed by atoms with Gasteiger partial charge in [-0.25, -0.2) is 9.59 Å². The normalized spacial score (nSPS) is 10.7. The van der Waals surface area contributed by atoms with Crippen LogP contribution in [-0.2, 0) is 9.53 Å². The van der Waals surface area contributed by atoms with Gasteiger partial charge in [0.1, 0.15) is 17.4 Å². The minimum Gasteiger partial charge on any atom is -0.462 e. The van der Waals surface area contributed by atoms with E-state index in [-0.39, 0.29) is 12.2 Å². The Hall–Kier alpha value is -3.39. The van der Waals surface area contributed by atoms with Gasteiger partial charge in [-0.05, 0) is 49.8 Å². The molecular formula is C20H17NO4. The minimum absolute atomic E-state index is 0.0914. The molecule has 25 heavy (non-hydrogen) atoms. The fourth-order valence-electron chi connectivity index (χ4n) is 2.00. The summed E-state index contributed by atoms with van der Waals surface area (Å²) in [5.41, 5.74) is 2.05. The number of nitriles is 1. The van der Waals surface area contributed by atoms with E-state index in [9.17, 15) is 9.59 Å². The van der Waals surface area contributed by atoms with Crippen LogP contribution in [0.5, 0.6) is 5.75 Å². The van der Waals surface area contributed by atoms with E-state index in [0.29, 0.717) is 16.9 Å². The third-order valence-corrected chi connectivity index (χ3v) is 3.30. The van der Waals surface area contributed by atoms with E-state index in [1.807, 2.05) is 25.1 Å². The molecule has 0 fully saturated rings. The van der Waals surface area contributed by atoms with Crippen molar-refractivity contribution < 1.29 is 19.1 Å². The van der Waals surface area contributed by atoms with Crippen molar-refractivity contribution in [3.05, 3.63) is 70.8 Å². The predicted molar refractivity (Wildman–Crippen MR) is 92.8 cm³/mol. The highest BCUT2D eigenvalue weighted by atomic mass is 16.5. The Morgan fingerprint density at radius 2 is 1.72 bits per heavy atom. The Morgan fingerprint density at radius 3 is 2.28 bits per heavy atom. The Bertz CT molecular complexity index is 827. The number of carbonyl (C=O) groups excluding carboxylic acids is 2. The van der Waals surface area contributed by atoms with Crippen molar-refractivity contribution in [1.82, 2.24) is 0 Å². The third-order valence-electron chi connectivity index (χ3n) is 3.30. The van der Waals surface area contributed by atoms with Crippen molar-refractivity contribution in [3.63, 3.8) is 0 Å². The van der Waals surface area contributed by atoms with Crippen LogP contribution in [0.3, 0.4) is 0 Å². The summed E-state index contributed by atoms with van der Waals surface area (Å²) in [5, 5.41) is 9.02. The van der Waals surface area contributed by atoms with E-state index in [1.54, 1.807) is 43.3 Å². The lowest BCUT2D eigenvalue weighted by Crippen LogP contribution is -2.08. The van der Waals surface area contributed by atoms with Crippen molar-refractivity contribution in [1.29, 1.82) is 5.26 Å². The number of ether oxygens (including phenoxy) is 2. The van der Waals surface area contributed by atoms with Crippen molar-refractivity contribution >= 4 is 18.0 Å². The summed E-state index contributed by atoms with van der Waals surface area (Å²) in [7, 11) is 0. The Morgan fingerprint density at radius 1 is 1.08 bits per heavy atom. The summed E-state index contributed by atoms with van der Waals surface area (Å²) in [6, 6.07) is 15.4. The average Bonchev–Trinajstić information content (AvgIpc) is 2.61. The second-order valence-corrected chi connectivity index (χ2v) is 5.21. The molecule has 0 aliphatic rings. The molecule has 0 saturated carbocycles. The van der Waals surface area contributed by atoms with Gasteiger partial charge in [0.05, 0.1) is 12.2 Å². The molecule has 0 atom stereocenters. The monoisotopic (exact) mass is 335 g/mol. The first-order valence-electron chi connectivity index (χ1n) is 7.71. The van der Waals surface area contributed by atoms with Crippen LogP contribution in [0.25, 0.3) is 6.08 Å². The van der Waals surface area contributed by atoms with Gasteiger partial charge in [0.2, 0.25) is 0 Å². The van der Waals surface area contributed by atoms with Crippen LogP contribution in [0.1, 0.15) is 28.4 Å². The van der Waals surface area contributed by atoms with Gasteiger partial charge in [-0.1, -0.05) is 29.8 Å². The summed E-state index contributed by atoms with van der Waals surface area (Å²) in [4.78, 5) is 23.6. The minimum atomic E-state index is -0.667. The van der Waals surface area contributed by atoms with Crippen LogP contribution >= 0.6 is 0 Å². The zero-order chi connectivity index (χ0) is 18.2. The molecule has 2 aromatic carbocycles. The Labute approximate surface area is 146 Å². The van der Waals surface area contributed by atoms with Gasteiger partial charge in [0.15, 0.2) is 0 Å².